The molecule has 1 unspecified atom stereocenters. The maximum absolute atomic E-state index is 11.1. The van der Waals surface area contributed by atoms with Crippen LogP contribution < -0.4 is 0 Å². The fourth-order valence-corrected chi connectivity index (χ4v) is 2.60. The summed E-state index contributed by atoms with van der Waals surface area (Å²) < 4.78 is 26.7. The highest BCUT2D eigenvalue weighted by molar-refractivity contribution is 7.87. The van der Waals surface area contributed by atoms with Crippen molar-refractivity contribution in [3.63, 3.8) is 0 Å². The van der Waals surface area contributed by atoms with Crippen molar-refractivity contribution in [1.29, 1.82) is 0 Å². The lowest BCUT2D eigenvalue weighted by Crippen LogP contribution is -2.29. The van der Waals surface area contributed by atoms with Crippen molar-refractivity contribution in [2.75, 3.05) is 7.11 Å². The quantitative estimate of drug-likeness (QED) is 0.468. The third-order valence-corrected chi connectivity index (χ3v) is 5.21. The van der Waals surface area contributed by atoms with Crippen LogP contribution in [-0.2, 0) is 14.3 Å². The van der Waals surface area contributed by atoms with Crippen LogP contribution in [0.4, 0.5) is 0 Å². The Morgan fingerprint density at radius 2 is 1.82 bits per heavy atom. The van der Waals surface area contributed by atoms with Gasteiger partial charge in [-0.25, -0.2) is 0 Å². The van der Waals surface area contributed by atoms with Crippen LogP contribution in [0.25, 0.3) is 0 Å². The first-order chi connectivity index (χ1) is 4.72. The van der Waals surface area contributed by atoms with E-state index in [0.717, 1.165) is 10.2 Å². The van der Waals surface area contributed by atoms with Crippen LogP contribution >= 0.6 is 0 Å². The summed E-state index contributed by atoms with van der Waals surface area (Å²) in [6, 6.07) is 0. The summed E-state index contributed by atoms with van der Waals surface area (Å²) in [6.07, 6.45) is 0. The van der Waals surface area contributed by atoms with E-state index in [-0.39, 0.29) is 5.04 Å². The Kier molecular flexibility index (Phi) is 3.28. The molecule has 0 aliphatic heterocycles. The smallest absolute Gasteiger partial charge is 0.269 e. The summed E-state index contributed by atoms with van der Waals surface area (Å²) in [5.41, 5.74) is 0. The molecule has 0 heterocycles. The van der Waals surface area contributed by atoms with Gasteiger partial charge in [0.15, 0.2) is 0 Å². The molecule has 0 aromatic heterocycles. The number of hydrogen-bond donors (Lipinski definition) is 0. The molecule has 0 radical (unpaired) electrons. The van der Waals surface area contributed by atoms with Gasteiger partial charge in [0, 0.05) is 10.2 Å². The van der Waals surface area contributed by atoms with Gasteiger partial charge in [0.25, 0.3) is 10.1 Å². The fraction of sp³-hybridized carbons (Fsp3) is 1.00. The lowest BCUT2D eigenvalue weighted by molar-refractivity contribution is 0.380. The minimum atomic E-state index is -3.32. The molecule has 0 aromatic rings. The normalized spacial score (nSPS) is 16.7. The highest BCUT2D eigenvalue weighted by Crippen LogP contribution is 2.29. The molecule has 0 rings (SSSR count). The summed E-state index contributed by atoms with van der Waals surface area (Å²) in [5.74, 6) is 0. The second kappa shape index (κ2) is 3.24. The maximum Gasteiger partial charge on any atom is 0.269 e. The predicted molar refractivity (Wildman–Crippen MR) is 49.4 cm³/mol. The van der Waals surface area contributed by atoms with E-state index in [1.165, 1.54) is 7.11 Å². The number of hydrogen-bond acceptors (Lipinski definition) is 3. The molecule has 0 spiro atoms. The zero-order valence-corrected chi connectivity index (χ0v) is 10.5. The standard InChI is InChI=1S/C6H16O3SSi/c1-5(6(2,3)11)10(7,8)9-4/h5H,1-4,11H3. The fourth-order valence-electron chi connectivity index (χ4n) is 0.577. The Balaban J connectivity index is 4.64. The predicted octanol–water partition coefficient (Wildman–Crippen LogP) is -0.0850. The van der Waals surface area contributed by atoms with E-state index in [2.05, 4.69) is 4.18 Å². The molecule has 0 aliphatic rings. The molecule has 0 aromatic carbocycles. The molecule has 0 bridgehead atoms. The van der Waals surface area contributed by atoms with E-state index in [1.807, 2.05) is 13.8 Å². The zero-order valence-electron chi connectivity index (χ0n) is 7.71. The molecule has 1 atom stereocenters. The third kappa shape index (κ3) is 2.92. The van der Waals surface area contributed by atoms with Gasteiger partial charge >= 0.3 is 0 Å². The molecule has 0 fully saturated rings. The molecule has 0 aliphatic carbocycles. The van der Waals surface area contributed by atoms with E-state index < -0.39 is 15.4 Å². The van der Waals surface area contributed by atoms with Gasteiger partial charge < -0.3 is 0 Å². The lowest BCUT2D eigenvalue weighted by Gasteiger charge is -2.25. The van der Waals surface area contributed by atoms with Crippen LogP contribution in [0, 0.1) is 0 Å². The Labute approximate surface area is 71.7 Å². The third-order valence-electron chi connectivity index (χ3n) is 1.88. The topological polar surface area (TPSA) is 43.4 Å². The molecule has 5 heteroatoms. The summed E-state index contributed by atoms with van der Waals surface area (Å²) in [7, 11) is -1.28. The molecule has 0 saturated heterocycles. The van der Waals surface area contributed by atoms with Gasteiger partial charge in [-0.1, -0.05) is 13.8 Å². The van der Waals surface area contributed by atoms with Crippen molar-refractivity contribution in [2.24, 2.45) is 0 Å². The van der Waals surface area contributed by atoms with Crippen LogP contribution in [0.15, 0.2) is 0 Å². The van der Waals surface area contributed by atoms with Crippen molar-refractivity contribution in [3.8, 4) is 0 Å². The molecule has 0 saturated carbocycles. The molecule has 68 valence electrons. The van der Waals surface area contributed by atoms with Gasteiger partial charge in [0.2, 0.25) is 0 Å². The molecule has 0 amide bonds. The minimum absolute atomic E-state index is 0.130. The molecule has 3 nitrogen and oxygen atoms in total. The highest BCUT2D eigenvalue weighted by atomic mass is 32.2. The van der Waals surface area contributed by atoms with Crippen molar-refractivity contribution < 1.29 is 12.6 Å². The Morgan fingerprint density at radius 1 is 1.45 bits per heavy atom. The zero-order chi connectivity index (χ0) is 9.28. The second-order valence-corrected chi connectivity index (χ2v) is 8.27. The second-order valence-electron chi connectivity index (χ2n) is 3.67. The van der Waals surface area contributed by atoms with Crippen LogP contribution in [0.1, 0.15) is 20.8 Å². The van der Waals surface area contributed by atoms with Crippen molar-refractivity contribution in [3.05, 3.63) is 0 Å². The molecular formula is C6H16O3SSi. The van der Waals surface area contributed by atoms with Crippen LogP contribution in [0.3, 0.4) is 0 Å². The van der Waals surface area contributed by atoms with Crippen molar-refractivity contribution in [1.82, 2.24) is 0 Å². The van der Waals surface area contributed by atoms with E-state index in [9.17, 15) is 8.42 Å². The van der Waals surface area contributed by atoms with Gasteiger partial charge in [-0.15, -0.1) is 0 Å². The maximum atomic E-state index is 11.1. The Morgan fingerprint density at radius 3 is 1.91 bits per heavy atom. The first-order valence-electron chi connectivity index (χ1n) is 3.51. The first kappa shape index (κ1) is 11.1. The Bertz CT molecular complexity index is 214. The largest absolute Gasteiger partial charge is 0.273 e. The summed E-state index contributed by atoms with van der Waals surface area (Å²) in [6.45, 7) is 5.55. The SMILES string of the molecule is COS(=O)(=O)C(C)C(C)(C)[SiH3]. The van der Waals surface area contributed by atoms with Crippen LogP contribution in [0.5, 0.6) is 0 Å². The van der Waals surface area contributed by atoms with E-state index in [4.69, 9.17) is 0 Å². The minimum Gasteiger partial charge on any atom is -0.273 e. The van der Waals surface area contributed by atoms with Crippen molar-refractivity contribution >= 4 is 20.4 Å². The molecular weight excluding hydrogens is 180 g/mol. The first-order valence-corrected chi connectivity index (χ1v) is 5.98. The van der Waals surface area contributed by atoms with E-state index in [1.54, 1.807) is 6.92 Å². The van der Waals surface area contributed by atoms with Gasteiger partial charge in [0.1, 0.15) is 0 Å². The average Bonchev–Trinajstić information content (AvgIpc) is 1.84. The van der Waals surface area contributed by atoms with Crippen molar-refractivity contribution in [2.45, 2.75) is 31.1 Å². The lowest BCUT2D eigenvalue weighted by atomic mass is 10.1. The van der Waals surface area contributed by atoms with Gasteiger partial charge in [0.05, 0.1) is 12.4 Å². The summed E-state index contributed by atoms with van der Waals surface area (Å²) in [5, 5.41) is -0.541. The van der Waals surface area contributed by atoms with E-state index >= 15 is 0 Å². The molecule has 0 N–H and O–H groups in total. The van der Waals surface area contributed by atoms with Crippen LogP contribution in [0.2, 0.25) is 5.04 Å². The average molecular weight is 196 g/mol. The Hall–Kier alpha value is 0.127. The van der Waals surface area contributed by atoms with E-state index in [0.29, 0.717) is 0 Å². The summed E-state index contributed by atoms with van der Waals surface area (Å²) >= 11 is 0. The summed E-state index contributed by atoms with van der Waals surface area (Å²) in [4.78, 5) is 0. The van der Waals surface area contributed by atoms with Gasteiger partial charge in [-0.3, -0.25) is 4.18 Å². The van der Waals surface area contributed by atoms with Crippen LogP contribution in [-0.4, -0.2) is 31.0 Å². The van der Waals surface area contributed by atoms with Gasteiger partial charge in [-0.2, -0.15) is 8.42 Å². The van der Waals surface area contributed by atoms with Gasteiger partial charge in [-0.05, 0) is 12.0 Å². The number of rotatable bonds is 3. The highest BCUT2D eigenvalue weighted by Gasteiger charge is 2.31. The molecule has 11 heavy (non-hydrogen) atoms. The monoisotopic (exact) mass is 196 g/mol.